The van der Waals surface area contributed by atoms with Crippen LogP contribution in [-0.4, -0.2) is 18.7 Å². The number of nitrogens with zero attached hydrogens (tertiary/aromatic N) is 1. The standard InChI is InChI=1S/C14H21NO/c1-4-5-8-11-15(3)14-10-7-6-9-13(14)12(2)16/h4,6-7,9-10,12,16H,1,5,8,11H2,2-3H3/t12-/m1/s1. The molecule has 1 aromatic rings. The smallest absolute Gasteiger partial charge is 0.0781 e. The van der Waals surface area contributed by atoms with Crippen LogP contribution in [0.3, 0.4) is 0 Å². The quantitative estimate of drug-likeness (QED) is 0.587. The van der Waals surface area contributed by atoms with Gasteiger partial charge < -0.3 is 10.0 Å². The molecule has 0 radical (unpaired) electrons. The van der Waals surface area contributed by atoms with E-state index in [1.165, 1.54) is 0 Å². The van der Waals surface area contributed by atoms with Gasteiger partial charge in [-0.15, -0.1) is 6.58 Å². The van der Waals surface area contributed by atoms with Gasteiger partial charge in [-0.05, 0) is 25.8 Å². The van der Waals surface area contributed by atoms with Gasteiger partial charge in [0.05, 0.1) is 6.10 Å². The Hall–Kier alpha value is -1.28. The van der Waals surface area contributed by atoms with E-state index in [0.717, 1.165) is 30.6 Å². The lowest BCUT2D eigenvalue weighted by Crippen LogP contribution is -2.20. The highest BCUT2D eigenvalue weighted by molar-refractivity contribution is 5.53. The number of anilines is 1. The zero-order valence-electron chi connectivity index (χ0n) is 10.2. The molecule has 1 atom stereocenters. The summed E-state index contributed by atoms with van der Waals surface area (Å²) in [5, 5.41) is 9.68. The van der Waals surface area contributed by atoms with Crippen LogP contribution in [0.25, 0.3) is 0 Å². The van der Waals surface area contributed by atoms with Gasteiger partial charge in [0, 0.05) is 24.8 Å². The highest BCUT2D eigenvalue weighted by Gasteiger charge is 2.09. The van der Waals surface area contributed by atoms with Gasteiger partial charge in [-0.25, -0.2) is 0 Å². The molecule has 0 unspecified atom stereocenters. The molecule has 0 aliphatic rings. The lowest BCUT2D eigenvalue weighted by molar-refractivity contribution is 0.199. The molecule has 1 N–H and O–H groups in total. The summed E-state index contributed by atoms with van der Waals surface area (Å²) in [6, 6.07) is 7.99. The van der Waals surface area contributed by atoms with Crippen LogP contribution in [0, 0.1) is 0 Å². The van der Waals surface area contributed by atoms with E-state index in [9.17, 15) is 5.11 Å². The number of aliphatic hydroxyl groups is 1. The fraction of sp³-hybridized carbons (Fsp3) is 0.429. The molecule has 0 fully saturated rings. The normalized spacial score (nSPS) is 12.2. The first-order valence-electron chi connectivity index (χ1n) is 5.76. The van der Waals surface area contributed by atoms with Crippen LogP contribution in [0.15, 0.2) is 36.9 Å². The molecule has 0 heterocycles. The SMILES string of the molecule is C=CCCCN(C)c1ccccc1[C@@H](C)O. The van der Waals surface area contributed by atoms with Crippen molar-refractivity contribution < 1.29 is 5.11 Å². The average Bonchev–Trinajstić information content (AvgIpc) is 2.29. The van der Waals surface area contributed by atoms with E-state index < -0.39 is 6.10 Å². The Labute approximate surface area is 98.2 Å². The Kier molecular flexibility index (Phi) is 5.06. The van der Waals surface area contributed by atoms with Crippen LogP contribution in [0.1, 0.15) is 31.4 Å². The molecule has 1 aromatic carbocycles. The topological polar surface area (TPSA) is 23.5 Å². The van der Waals surface area contributed by atoms with Gasteiger partial charge in [0.2, 0.25) is 0 Å². The second-order valence-electron chi connectivity index (χ2n) is 4.09. The van der Waals surface area contributed by atoms with Gasteiger partial charge in [0.1, 0.15) is 0 Å². The molecule has 0 saturated heterocycles. The van der Waals surface area contributed by atoms with Crippen LogP contribution >= 0.6 is 0 Å². The van der Waals surface area contributed by atoms with Gasteiger partial charge in [0.15, 0.2) is 0 Å². The predicted molar refractivity (Wildman–Crippen MR) is 69.8 cm³/mol. The van der Waals surface area contributed by atoms with Crippen molar-refractivity contribution in [2.45, 2.75) is 25.9 Å². The van der Waals surface area contributed by atoms with Crippen molar-refractivity contribution in [3.05, 3.63) is 42.5 Å². The summed E-state index contributed by atoms with van der Waals surface area (Å²) in [6.07, 6.45) is 3.64. The molecule has 2 nitrogen and oxygen atoms in total. The highest BCUT2D eigenvalue weighted by Crippen LogP contribution is 2.25. The molecule has 88 valence electrons. The molecule has 0 aromatic heterocycles. The lowest BCUT2D eigenvalue weighted by Gasteiger charge is -2.23. The van der Waals surface area contributed by atoms with Crippen molar-refractivity contribution in [1.82, 2.24) is 0 Å². The van der Waals surface area contributed by atoms with Crippen molar-refractivity contribution in [1.29, 1.82) is 0 Å². The maximum absolute atomic E-state index is 9.68. The first-order chi connectivity index (χ1) is 7.66. The second-order valence-corrected chi connectivity index (χ2v) is 4.09. The van der Waals surface area contributed by atoms with Gasteiger partial charge in [0.25, 0.3) is 0 Å². The van der Waals surface area contributed by atoms with Gasteiger partial charge >= 0.3 is 0 Å². The van der Waals surface area contributed by atoms with E-state index in [-0.39, 0.29) is 0 Å². The maximum Gasteiger partial charge on any atom is 0.0781 e. The number of para-hydroxylation sites is 1. The molecular formula is C14H21NO. The number of benzene rings is 1. The molecule has 16 heavy (non-hydrogen) atoms. The third-order valence-corrected chi connectivity index (χ3v) is 2.70. The molecule has 0 saturated carbocycles. The minimum absolute atomic E-state index is 0.418. The van der Waals surface area contributed by atoms with Gasteiger partial charge in [-0.2, -0.15) is 0 Å². The van der Waals surface area contributed by atoms with Crippen LogP contribution in [0.5, 0.6) is 0 Å². The molecule has 0 aliphatic carbocycles. The Morgan fingerprint density at radius 2 is 2.12 bits per heavy atom. The van der Waals surface area contributed by atoms with Gasteiger partial charge in [-0.1, -0.05) is 24.3 Å². The van der Waals surface area contributed by atoms with E-state index >= 15 is 0 Å². The fourth-order valence-electron chi connectivity index (χ4n) is 1.78. The number of hydrogen-bond donors (Lipinski definition) is 1. The molecule has 0 amide bonds. The van der Waals surface area contributed by atoms with Crippen LogP contribution < -0.4 is 4.90 Å². The van der Waals surface area contributed by atoms with Crippen LogP contribution in [-0.2, 0) is 0 Å². The van der Waals surface area contributed by atoms with Crippen LogP contribution in [0.4, 0.5) is 5.69 Å². The molecule has 0 spiro atoms. The largest absolute Gasteiger partial charge is 0.389 e. The Bertz CT molecular complexity index is 333. The molecular weight excluding hydrogens is 198 g/mol. The van der Waals surface area contributed by atoms with Crippen molar-refractivity contribution in [3.63, 3.8) is 0 Å². The number of allylic oxidation sites excluding steroid dienone is 1. The summed E-state index contributed by atoms with van der Waals surface area (Å²) >= 11 is 0. The molecule has 0 bridgehead atoms. The number of hydrogen-bond acceptors (Lipinski definition) is 2. The Morgan fingerprint density at radius 3 is 2.75 bits per heavy atom. The van der Waals surface area contributed by atoms with E-state index in [4.69, 9.17) is 0 Å². The highest BCUT2D eigenvalue weighted by atomic mass is 16.3. The minimum Gasteiger partial charge on any atom is -0.389 e. The summed E-state index contributed by atoms with van der Waals surface area (Å²) in [4.78, 5) is 2.19. The Morgan fingerprint density at radius 1 is 1.44 bits per heavy atom. The fourth-order valence-corrected chi connectivity index (χ4v) is 1.78. The summed E-state index contributed by atoms with van der Waals surface area (Å²) in [6.45, 7) is 6.50. The predicted octanol–water partition coefficient (Wildman–Crippen LogP) is 3.14. The molecule has 2 heteroatoms. The lowest BCUT2D eigenvalue weighted by atomic mass is 10.1. The maximum atomic E-state index is 9.68. The summed E-state index contributed by atoms with van der Waals surface area (Å²) in [7, 11) is 2.06. The first kappa shape index (κ1) is 12.8. The van der Waals surface area contributed by atoms with E-state index in [2.05, 4.69) is 24.6 Å². The first-order valence-corrected chi connectivity index (χ1v) is 5.76. The summed E-state index contributed by atoms with van der Waals surface area (Å²) in [5.74, 6) is 0. The van der Waals surface area contributed by atoms with E-state index in [0.29, 0.717) is 0 Å². The van der Waals surface area contributed by atoms with Crippen LogP contribution in [0.2, 0.25) is 0 Å². The second kappa shape index (κ2) is 6.33. The number of unbranched alkanes of at least 4 members (excludes halogenated alkanes) is 1. The van der Waals surface area contributed by atoms with Crippen molar-refractivity contribution in [2.75, 3.05) is 18.5 Å². The van der Waals surface area contributed by atoms with Crippen molar-refractivity contribution in [3.8, 4) is 0 Å². The summed E-state index contributed by atoms with van der Waals surface area (Å²) in [5.41, 5.74) is 2.10. The molecule has 1 rings (SSSR count). The zero-order chi connectivity index (χ0) is 12.0. The molecule has 0 aliphatic heterocycles. The van der Waals surface area contributed by atoms with Gasteiger partial charge in [-0.3, -0.25) is 0 Å². The van der Waals surface area contributed by atoms with E-state index in [1.807, 2.05) is 24.3 Å². The third-order valence-electron chi connectivity index (χ3n) is 2.70. The average molecular weight is 219 g/mol. The minimum atomic E-state index is -0.418. The summed E-state index contributed by atoms with van der Waals surface area (Å²) < 4.78 is 0. The Balaban J connectivity index is 2.73. The van der Waals surface area contributed by atoms with Crippen molar-refractivity contribution >= 4 is 5.69 Å². The monoisotopic (exact) mass is 219 g/mol. The van der Waals surface area contributed by atoms with E-state index in [1.54, 1.807) is 6.92 Å². The number of rotatable bonds is 6. The number of aliphatic hydroxyl groups excluding tert-OH is 1. The van der Waals surface area contributed by atoms with Crippen molar-refractivity contribution in [2.24, 2.45) is 0 Å². The zero-order valence-corrected chi connectivity index (χ0v) is 10.2. The third kappa shape index (κ3) is 3.38.